The van der Waals surface area contributed by atoms with Gasteiger partial charge in [-0.25, -0.2) is 0 Å². The van der Waals surface area contributed by atoms with Gasteiger partial charge in [0, 0.05) is 0 Å². The standard InChI is InChI=1S/C17H28O2/c1-15-8-6-14(19-15)17(3)10-13(18)16(2)7-4-5-11(16)12(17)9-15/h11-14,18H,4-10H2,1-3H3/t11-,12+,13+,14+,15-,16-,17-/m0/s1. The highest BCUT2D eigenvalue weighted by Crippen LogP contribution is 2.67. The molecule has 2 aliphatic carbocycles. The minimum atomic E-state index is -0.116. The third kappa shape index (κ3) is 1.45. The van der Waals surface area contributed by atoms with Gasteiger partial charge in [-0.15, -0.1) is 0 Å². The average Bonchev–Trinajstić information content (AvgIpc) is 2.88. The number of aliphatic hydroxyl groups excluding tert-OH is 1. The van der Waals surface area contributed by atoms with Crippen molar-refractivity contribution < 1.29 is 9.84 Å². The van der Waals surface area contributed by atoms with E-state index in [1.54, 1.807) is 0 Å². The van der Waals surface area contributed by atoms with Crippen LogP contribution in [-0.4, -0.2) is 22.9 Å². The molecule has 2 nitrogen and oxygen atoms in total. The Hall–Kier alpha value is -0.0800. The summed E-state index contributed by atoms with van der Waals surface area (Å²) in [6, 6.07) is 0. The van der Waals surface area contributed by atoms with Gasteiger partial charge < -0.3 is 9.84 Å². The van der Waals surface area contributed by atoms with Crippen LogP contribution in [0.4, 0.5) is 0 Å². The van der Waals surface area contributed by atoms with Crippen LogP contribution in [-0.2, 0) is 4.74 Å². The summed E-state index contributed by atoms with van der Waals surface area (Å²) in [5.41, 5.74) is 0.557. The van der Waals surface area contributed by atoms with Gasteiger partial charge in [-0.3, -0.25) is 0 Å². The van der Waals surface area contributed by atoms with Crippen molar-refractivity contribution in [1.82, 2.24) is 0 Å². The van der Waals surface area contributed by atoms with E-state index in [1.807, 2.05) is 0 Å². The fraction of sp³-hybridized carbons (Fsp3) is 1.00. The van der Waals surface area contributed by atoms with E-state index in [4.69, 9.17) is 4.74 Å². The van der Waals surface area contributed by atoms with Crippen LogP contribution in [0.1, 0.15) is 65.7 Å². The van der Waals surface area contributed by atoms with Crippen molar-refractivity contribution in [1.29, 1.82) is 0 Å². The molecule has 2 saturated carbocycles. The van der Waals surface area contributed by atoms with E-state index < -0.39 is 0 Å². The Morgan fingerprint density at radius 1 is 0.947 bits per heavy atom. The second-order valence-corrected chi connectivity index (χ2v) is 8.64. The molecule has 0 aromatic heterocycles. The molecule has 108 valence electrons. The lowest BCUT2D eigenvalue weighted by Gasteiger charge is -2.60. The van der Waals surface area contributed by atoms with Crippen LogP contribution in [0.2, 0.25) is 0 Å². The first-order valence-corrected chi connectivity index (χ1v) is 8.23. The summed E-state index contributed by atoms with van der Waals surface area (Å²) in [5.74, 6) is 1.50. The van der Waals surface area contributed by atoms with E-state index in [0.29, 0.717) is 6.10 Å². The fourth-order valence-corrected chi connectivity index (χ4v) is 6.28. The molecule has 19 heavy (non-hydrogen) atoms. The zero-order valence-corrected chi connectivity index (χ0v) is 12.6. The molecule has 2 heteroatoms. The highest BCUT2D eigenvalue weighted by Gasteiger charge is 2.65. The van der Waals surface area contributed by atoms with Crippen LogP contribution in [0.3, 0.4) is 0 Å². The first kappa shape index (κ1) is 12.6. The molecule has 0 aromatic rings. The molecule has 4 fully saturated rings. The number of hydrogen-bond acceptors (Lipinski definition) is 2. The van der Waals surface area contributed by atoms with Gasteiger partial charge in [0.2, 0.25) is 0 Å². The number of fused-ring (bicyclic) bond motifs is 6. The SMILES string of the molecule is C[C@@]12CC[C@@H](O1)[C@@]1(C)C[C@@H](O)[C@@]3(C)CCC[C@H]3[C@H]1C2. The van der Waals surface area contributed by atoms with Crippen molar-refractivity contribution >= 4 is 0 Å². The Kier molecular flexibility index (Phi) is 2.37. The Morgan fingerprint density at radius 3 is 2.53 bits per heavy atom. The van der Waals surface area contributed by atoms with Crippen molar-refractivity contribution in [3.05, 3.63) is 0 Å². The Morgan fingerprint density at radius 2 is 1.74 bits per heavy atom. The Balaban J connectivity index is 1.76. The van der Waals surface area contributed by atoms with Crippen LogP contribution in [0.15, 0.2) is 0 Å². The monoisotopic (exact) mass is 264 g/mol. The molecular formula is C17H28O2. The van der Waals surface area contributed by atoms with Gasteiger partial charge in [0.05, 0.1) is 17.8 Å². The first-order chi connectivity index (χ1) is 8.87. The molecule has 7 atom stereocenters. The molecule has 4 rings (SSSR count). The average molecular weight is 264 g/mol. The molecule has 0 unspecified atom stereocenters. The van der Waals surface area contributed by atoms with E-state index in [2.05, 4.69) is 20.8 Å². The van der Waals surface area contributed by atoms with Gasteiger partial charge in [-0.1, -0.05) is 20.3 Å². The largest absolute Gasteiger partial charge is 0.393 e. The third-order valence-corrected chi connectivity index (χ3v) is 7.55. The van der Waals surface area contributed by atoms with Crippen LogP contribution < -0.4 is 0 Å². The summed E-state index contributed by atoms with van der Waals surface area (Å²) in [7, 11) is 0. The number of aliphatic hydroxyl groups is 1. The maximum absolute atomic E-state index is 10.8. The topological polar surface area (TPSA) is 29.5 Å². The molecule has 2 aliphatic heterocycles. The van der Waals surface area contributed by atoms with E-state index in [9.17, 15) is 5.11 Å². The maximum Gasteiger partial charge on any atom is 0.0662 e. The minimum absolute atomic E-state index is 0.116. The van der Waals surface area contributed by atoms with Gasteiger partial charge >= 0.3 is 0 Å². The molecule has 2 saturated heterocycles. The summed E-state index contributed by atoms with van der Waals surface area (Å²) < 4.78 is 6.38. The minimum Gasteiger partial charge on any atom is -0.393 e. The van der Waals surface area contributed by atoms with Gasteiger partial charge in [0.15, 0.2) is 0 Å². The second-order valence-electron chi connectivity index (χ2n) is 8.64. The van der Waals surface area contributed by atoms with Crippen LogP contribution >= 0.6 is 0 Å². The normalized spacial score (nSPS) is 63.8. The van der Waals surface area contributed by atoms with Crippen LogP contribution in [0, 0.1) is 22.7 Å². The molecule has 4 aliphatic rings. The first-order valence-electron chi connectivity index (χ1n) is 8.23. The number of rotatable bonds is 0. The predicted molar refractivity (Wildman–Crippen MR) is 74.8 cm³/mol. The second kappa shape index (κ2) is 3.57. The van der Waals surface area contributed by atoms with E-state index in [-0.39, 0.29) is 22.5 Å². The van der Waals surface area contributed by atoms with Crippen molar-refractivity contribution in [3.63, 3.8) is 0 Å². The molecule has 1 N–H and O–H groups in total. The molecule has 0 radical (unpaired) electrons. The zero-order valence-electron chi connectivity index (χ0n) is 12.6. The molecule has 0 spiro atoms. The van der Waals surface area contributed by atoms with E-state index in [0.717, 1.165) is 18.3 Å². The molecule has 2 bridgehead atoms. The number of hydrogen-bond donors (Lipinski definition) is 1. The molecular weight excluding hydrogens is 236 g/mol. The summed E-state index contributed by atoms with van der Waals surface area (Å²) >= 11 is 0. The summed E-state index contributed by atoms with van der Waals surface area (Å²) in [4.78, 5) is 0. The lowest BCUT2D eigenvalue weighted by molar-refractivity contribution is -0.224. The molecule has 0 aromatic carbocycles. The Bertz CT molecular complexity index is 408. The predicted octanol–water partition coefficient (Wildman–Crippen LogP) is 3.52. The quantitative estimate of drug-likeness (QED) is 0.725. The Labute approximate surface area is 116 Å². The van der Waals surface area contributed by atoms with Gasteiger partial charge in [-0.2, -0.15) is 0 Å². The van der Waals surface area contributed by atoms with Crippen molar-refractivity contribution in [2.24, 2.45) is 22.7 Å². The summed E-state index contributed by atoms with van der Waals surface area (Å²) in [6.07, 6.45) is 8.78. The van der Waals surface area contributed by atoms with Gasteiger partial charge in [0.1, 0.15) is 0 Å². The van der Waals surface area contributed by atoms with E-state index in [1.165, 1.54) is 38.5 Å². The summed E-state index contributed by atoms with van der Waals surface area (Å²) in [5, 5.41) is 10.8. The van der Waals surface area contributed by atoms with Crippen molar-refractivity contribution in [2.45, 2.75) is 83.5 Å². The smallest absolute Gasteiger partial charge is 0.0662 e. The van der Waals surface area contributed by atoms with Gasteiger partial charge in [-0.05, 0) is 68.1 Å². The molecule has 0 amide bonds. The maximum atomic E-state index is 10.8. The highest BCUT2D eigenvalue weighted by atomic mass is 16.5. The van der Waals surface area contributed by atoms with Crippen molar-refractivity contribution in [3.8, 4) is 0 Å². The van der Waals surface area contributed by atoms with Crippen LogP contribution in [0.25, 0.3) is 0 Å². The van der Waals surface area contributed by atoms with Gasteiger partial charge in [0.25, 0.3) is 0 Å². The highest BCUT2D eigenvalue weighted by molar-refractivity contribution is 5.14. The summed E-state index contributed by atoms with van der Waals surface area (Å²) in [6.45, 7) is 7.09. The fourth-order valence-electron chi connectivity index (χ4n) is 6.28. The lowest BCUT2D eigenvalue weighted by Crippen LogP contribution is -2.60. The lowest BCUT2D eigenvalue weighted by atomic mass is 9.50. The third-order valence-electron chi connectivity index (χ3n) is 7.55. The van der Waals surface area contributed by atoms with E-state index >= 15 is 0 Å². The zero-order chi connectivity index (χ0) is 13.5. The molecule has 2 heterocycles. The number of ether oxygens (including phenoxy) is 1. The van der Waals surface area contributed by atoms with Crippen molar-refractivity contribution in [2.75, 3.05) is 0 Å². The van der Waals surface area contributed by atoms with Crippen LogP contribution in [0.5, 0.6) is 0 Å².